The molecule has 0 unspecified atom stereocenters. The highest BCUT2D eigenvalue weighted by Crippen LogP contribution is 2.44. The van der Waals surface area contributed by atoms with Crippen molar-refractivity contribution in [3.8, 4) is 5.75 Å². The fourth-order valence-corrected chi connectivity index (χ4v) is 3.92. The third-order valence-corrected chi connectivity index (χ3v) is 5.36. The number of carbonyl (C=O) groups excluding carboxylic acids is 1. The third kappa shape index (κ3) is 3.23. The van der Waals surface area contributed by atoms with Crippen molar-refractivity contribution in [1.29, 1.82) is 0 Å². The summed E-state index contributed by atoms with van der Waals surface area (Å²) in [5.74, 6) is 1.75. The van der Waals surface area contributed by atoms with Gasteiger partial charge in [-0.2, -0.15) is 0 Å². The van der Waals surface area contributed by atoms with Crippen LogP contribution in [0.5, 0.6) is 5.75 Å². The van der Waals surface area contributed by atoms with Gasteiger partial charge in [-0.3, -0.25) is 4.79 Å². The quantitative estimate of drug-likeness (QED) is 0.920. The summed E-state index contributed by atoms with van der Waals surface area (Å²) in [6.07, 6.45) is 6.62. The summed E-state index contributed by atoms with van der Waals surface area (Å²) in [5.41, 5.74) is 0.833. The first-order valence-electron chi connectivity index (χ1n) is 9.28. The Hall–Kier alpha value is -2.63. The molecule has 1 amide bonds. The molecule has 1 atom stereocenters. The van der Waals surface area contributed by atoms with Crippen LogP contribution >= 0.6 is 0 Å². The van der Waals surface area contributed by atoms with E-state index in [4.69, 9.17) is 4.74 Å². The van der Waals surface area contributed by atoms with E-state index in [1.54, 1.807) is 12.4 Å². The van der Waals surface area contributed by atoms with Crippen molar-refractivity contribution in [2.75, 3.05) is 18.0 Å². The van der Waals surface area contributed by atoms with Gasteiger partial charge in [-0.05, 0) is 12.1 Å². The van der Waals surface area contributed by atoms with Crippen molar-refractivity contribution in [2.24, 2.45) is 0 Å². The van der Waals surface area contributed by atoms with Gasteiger partial charge >= 0.3 is 0 Å². The minimum Gasteiger partial charge on any atom is -0.487 e. The highest BCUT2D eigenvalue weighted by atomic mass is 16.5. The second-order valence-electron chi connectivity index (χ2n) is 7.04. The molecule has 1 aromatic carbocycles. The van der Waals surface area contributed by atoms with Crippen molar-refractivity contribution in [2.45, 2.75) is 44.2 Å². The zero-order valence-corrected chi connectivity index (χ0v) is 15.0. The van der Waals surface area contributed by atoms with Crippen molar-refractivity contribution in [3.63, 3.8) is 0 Å². The second-order valence-corrected chi connectivity index (χ2v) is 7.04. The van der Waals surface area contributed by atoms with Crippen molar-refractivity contribution >= 4 is 11.9 Å². The number of benzene rings is 1. The molecule has 1 N–H and O–H groups in total. The molecule has 1 spiro atoms. The number of para-hydroxylation sites is 1. The van der Waals surface area contributed by atoms with Gasteiger partial charge in [0.1, 0.15) is 11.4 Å². The molecule has 0 bridgehead atoms. The second kappa shape index (κ2) is 6.94. The van der Waals surface area contributed by atoms with Gasteiger partial charge in [0.05, 0.1) is 6.04 Å². The van der Waals surface area contributed by atoms with E-state index in [0.717, 1.165) is 49.6 Å². The molecule has 0 saturated carbocycles. The number of ether oxygens (including phenoxy) is 1. The number of carbonyl (C=O) groups is 1. The first kappa shape index (κ1) is 16.8. The van der Waals surface area contributed by atoms with E-state index < -0.39 is 0 Å². The van der Waals surface area contributed by atoms with E-state index in [9.17, 15) is 4.79 Å². The van der Waals surface area contributed by atoms with Crippen LogP contribution in [0.4, 0.5) is 5.95 Å². The predicted octanol–water partition coefficient (Wildman–Crippen LogP) is 2.87. The predicted molar refractivity (Wildman–Crippen MR) is 99.1 cm³/mol. The van der Waals surface area contributed by atoms with Gasteiger partial charge in [-0.15, -0.1) is 0 Å². The van der Waals surface area contributed by atoms with Gasteiger partial charge in [0.2, 0.25) is 11.9 Å². The van der Waals surface area contributed by atoms with Crippen molar-refractivity contribution in [1.82, 2.24) is 15.3 Å². The Bertz CT molecular complexity index is 772. The SMILES string of the molecule is CCC(=O)N[C@@H]1CC2(CCN(c3ncccn3)CC2)Oc2ccccc21. The number of nitrogens with one attached hydrogen (secondary N) is 1. The Kier molecular flexibility index (Phi) is 4.49. The summed E-state index contributed by atoms with van der Waals surface area (Å²) in [6.45, 7) is 3.58. The number of piperidine rings is 1. The zero-order valence-electron chi connectivity index (χ0n) is 15.0. The third-order valence-electron chi connectivity index (χ3n) is 5.36. The maximum atomic E-state index is 12.0. The van der Waals surface area contributed by atoms with Crippen LogP contribution in [0, 0.1) is 0 Å². The number of rotatable bonds is 3. The molecule has 26 heavy (non-hydrogen) atoms. The number of nitrogens with zero attached hydrogens (tertiary/aromatic N) is 3. The Morgan fingerprint density at radius 3 is 2.69 bits per heavy atom. The van der Waals surface area contributed by atoms with E-state index in [0.29, 0.717) is 6.42 Å². The fraction of sp³-hybridized carbons (Fsp3) is 0.450. The van der Waals surface area contributed by atoms with Gasteiger partial charge < -0.3 is 15.0 Å². The Labute approximate surface area is 153 Å². The molecule has 136 valence electrons. The fourth-order valence-electron chi connectivity index (χ4n) is 3.92. The number of hydrogen-bond donors (Lipinski definition) is 1. The number of anilines is 1. The van der Waals surface area contributed by atoms with E-state index in [1.807, 2.05) is 31.2 Å². The first-order chi connectivity index (χ1) is 12.7. The molecular weight excluding hydrogens is 328 g/mol. The maximum absolute atomic E-state index is 12.0. The summed E-state index contributed by atoms with van der Waals surface area (Å²) in [6, 6.07) is 9.89. The van der Waals surface area contributed by atoms with Crippen molar-refractivity contribution < 1.29 is 9.53 Å². The Morgan fingerprint density at radius 1 is 1.23 bits per heavy atom. The van der Waals surface area contributed by atoms with Crippen LogP contribution in [0.3, 0.4) is 0 Å². The molecule has 6 heteroatoms. The van der Waals surface area contributed by atoms with E-state index in [1.165, 1.54) is 0 Å². The highest BCUT2D eigenvalue weighted by molar-refractivity contribution is 5.76. The molecule has 4 rings (SSSR count). The van der Waals surface area contributed by atoms with Crippen LogP contribution in [0.15, 0.2) is 42.7 Å². The lowest BCUT2D eigenvalue weighted by atomic mass is 9.80. The van der Waals surface area contributed by atoms with Crippen molar-refractivity contribution in [3.05, 3.63) is 48.3 Å². The summed E-state index contributed by atoms with van der Waals surface area (Å²) in [7, 11) is 0. The Morgan fingerprint density at radius 2 is 1.96 bits per heavy atom. The van der Waals surface area contributed by atoms with Crippen LogP contribution in [0.2, 0.25) is 0 Å². The van der Waals surface area contributed by atoms with Crippen LogP contribution in [-0.2, 0) is 4.79 Å². The molecule has 6 nitrogen and oxygen atoms in total. The molecular formula is C20H24N4O2. The van der Waals surface area contributed by atoms with Gasteiger partial charge in [-0.25, -0.2) is 9.97 Å². The molecule has 3 heterocycles. The van der Waals surface area contributed by atoms with E-state index in [-0.39, 0.29) is 17.6 Å². The average Bonchev–Trinajstić information content (AvgIpc) is 2.69. The van der Waals surface area contributed by atoms with Gasteiger partial charge in [-0.1, -0.05) is 25.1 Å². The average molecular weight is 352 g/mol. The number of fused-ring (bicyclic) bond motifs is 1. The molecule has 0 aliphatic carbocycles. The lowest BCUT2D eigenvalue weighted by Gasteiger charge is -2.47. The molecule has 1 fully saturated rings. The van der Waals surface area contributed by atoms with Gasteiger partial charge in [0, 0.05) is 56.7 Å². The normalized spacial score (nSPS) is 21.0. The number of aromatic nitrogens is 2. The lowest BCUT2D eigenvalue weighted by Crippen LogP contribution is -2.52. The van der Waals surface area contributed by atoms with Crippen LogP contribution in [0.1, 0.15) is 44.2 Å². The summed E-state index contributed by atoms with van der Waals surface area (Å²) < 4.78 is 6.47. The largest absolute Gasteiger partial charge is 0.487 e. The summed E-state index contributed by atoms with van der Waals surface area (Å²) >= 11 is 0. The molecule has 1 saturated heterocycles. The molecule has 2 aromatic rings. The molecule has 1 aromatic heterocycles. The number of hydrogen-bond acceptors (Lipinski definition) is 5. The monoisotopic (exact) mass is 352 g/mol. The minimum atomic E-state index is -0.245. The van der Waals surface area contributed by atoms with Crippen LogP contribution in [0.25, 0.3) is 0 Å². The van der Waals surface area contributed by atoms with E-state index in [2.05, 4.69) is 26.3 Å². The summed E-state index contributed by atoms with van der Waals surface area (Å²) in [5, 5.41) is 3.18. The lowest BCUT2D eigenvalue weighted by molar-refractivity contribution is -0.122. The van der Waals surface area contributed by atoms with E-state index >= 15 is 0 Å². The topological polar surface area (TPSA) is 67.4 Å². The molecule has 2 aliphatic heterocycles. The minimum absolute atomic E-state index is 0.00641. The van der Waals surface area contributed by atoms with Crippen LogP contribution in [-0.4, -0.2) is 34.6 Å². The summed E-state index contributed by atoms with van der Waals surface area (Å²) in [4.78, 5) is 22.9. The van der Waals surface area contributed by atoms with Gasteiger partial charge in [0.25, 0.3) is 0 Å². The number of amides is 1. The smallest absolute Gasteiger partial charge is 0.225 e. The first-order valence-corrected chi connectivity index (χ1v) is 9.28. The standard InChI is InChI=1S/C20H24N4O2/c1-2-18(25)23-16-14-20(26-17-7-4-3-6-15(16)17)8-12-24(13-9-20)19-21-10-5-11-22-19/h3-7,10-11,16H,2,8-9,12-14H2,1H3,(H,23,25)/t16-/m1/s1. The highest BCUT2D eigenvalue weighted by Gasteiger charge is 2.43. The molecule has 2 aliphatic rings. The Balaban J connectivity index is 1.53. The maximum Gasteiger partial charge on any atom is 0.225 e. The van der Waals surface area contributed by atoms with Crippen LogP contribution < -0.4 is 15.0 Å². The van der Waals surface area contributed by atoms with Gasteiger partial charge in [0.15, 0.2) is 0 Å². The zero-order chi connectivity index (χ0) is 18.0. The molecule has 0 radical (unpaired) electrons.